The maximum atomic E-state index is 13.2. The number of rotatable bonds is 6. The van der Waals surface area contributed by atoms with Crippen molar-refractivity contribution in [2.45, 2.75) is 6.92 Å². The normalized spacial score (nSPS) is 10.3. The summed E-state index contributed by atoms with van der Waals surface area (Å²) in [5, 5.41) is 8.91. The highest BCUT2D eigenvalue weighted by atomic mass is 16.5. The fourth-order valence-electron chi connectivity index (χ4n) is 2.82. The molecule has 3 rings (SSSR count). The van der Waals surface area contributed by atoms with Crippen LogP contribution in [0.25, 0.3) is 22.1 Å². The predicted molar refractivity (Wildman–Crippen MR) is 102 cm³/mol. The van der Waals surface area contributed by atoms with Crippen molar-refractivity contribution >= 4 is 16.9 Å². The van der Waals surface area contributed by atoms with E-state index >= 15 is 0 Å². The van der Waals surface area contributed by atoms with Gasteiger partial charge in [0.1, 0.15) is 23.2 Å². The number of ether oxygens (including phenoxy) is 3. The minimum Gasteiger partial charge on any atom is -0.496 e. The molecule has 0 atom stereocenters. The summed E-state index contributed by atoms with van der Waals surface area (Å²) in [7, 11) is 1.48. The minimum absolute atomic E-state index is 0.0640. The summed E-state index contributed by atoms with van der Waals surface area (Å²) >= 11 is 0. The number of nitrogens with zero attached hydrogens (tertiary/aromatic N) is 1. The Bertz CT molecular complexity index is 1130. The molecule has 0 aliphatic carbocycles. The van der Waals surface area contributed by atoms with Crippen LogP contribution in [0.4, 0.5) is 0 Å². The van der Waals surface area contributed by atoms with Gasteiger partial charge in [-0.2, -0.15) is 5.26 Å². The van der Waals surface area contributed by atoms with Gasteiger partial charge in [0.2, 0.25) is 11.2 Å². The van der Waals surface area contributed by atoms with Crippen molar-refractivity contribution in [3.8, 4) is 28.7 Å². The third-order valence-corrected chi connectivity index (χ3v) is 4.00. The van der Waals surface area contributed by atoms with Crippen LogP contribution in [0.2, 0.25) is 0 Å². The van der Waals surface area contributed by atoms with Gasteiger partial charge in [-0.3, -0.25) is 4.79 Å². The molecule has 7 heteroatoms. The number of benzene rings is 2. The summed E-state index contributed by atoms with van der Waals surface area (Å²) in [5.74, 6) is -0.210. The number of carbonyl (C=O) groups is 1. The van der Waals surface area contributed by atoms with E-state index in [9.17, 15) is 9.59 Å². The second-order valence-electron chi connectivity index (χ2n) is 5.66. The summed E-state index contributed by atoms with van der Waals surface area (Å²) in [6, 6.07) is 13.3. The molecule has 142 valence electrons. The fourth-order valence-corrected chi connectivity index (χ4v) is 2.82. The van der Waals surface area contributed by atoms with Gasteiger partial charge in [0.05, 0.1) is 24.7 Å². The third kappa shape index (κ3) is 3.53. The monoisotopic (exact) mass is 379 g/mol. The zero-order chi connectivity index (χ0) is 20.1. The lowest BCUT2D eigenvalue weighted by Gasteiger charge is -2.12. The number of fused-ring (bicyclic) bond motifs is 1. The van der Waals surface area contributed by atoms with Gasteiger partial charge in [0.25, 0.3) is 0 Å². The Labute approximate surface area is 160 Å². The third-order valence-electron chi connectivity index (χ3n) is 4.00. The van der Waals surface area contributed by atoms with E-state index in [4.69, 9.17) is 23.9 Å². The molecule has 1 aromatic heterocycles. The van der Waals surface area contributed by atoms with Gasteiger partial charge >= 0.3 is 5.97 Å². The highest BCUT2D eigenvalue weighted by molar-refractivity contribution is 5.98. The number of methoxy groups -OCH3 is 1. The number of para-hydroxylation sites is 1. The van der Waals surface area contributed by atoms with E-state index in [-0.39, 0.29) is 35.5 Å². The molecule has 0 spiro atoms. The zero-order valence-electron chi connectivity index (χ0n) is 15.4. The van der Waals surface area contributed by atoms with E-state index in [1.165, 1.54) is 19.2 Å². The molecule has 3 aromatic rings. The first-order valence-corrected chi connectivity index (χ1v) is 8.51. The first-order valence-electron chi connectivity index (χ1n) is 8.51. The van der Waals surface area contributed by atoms with Crippen molar-refractivity contribution in [1.29, 1.82) is 5.26 Å². The Kier molecular flexibility index (Phi) is 5.61. The number of hydrogen-bond acceptors (Lipinski definition) is 7. The Morgan fingerprint density at radius 3 is 2.71 bits per heavy atom. The summed E-state index contributed by atoms with van der Waals surface area (Å²) < 4.78 is 21.4. The molecule has 7 nitrogen and oxygen atoms in total. The summed E-state index contributed by atoms with van der Waals surface area (Å²) in [6.45, 7) is 1.63. The van der Waals surface area contributed by atoms with Gasteiger partial charge in [-0.15, -0.1) is 0 Å². The predicted octanol–water partition coefficient (Wildman–Crippen LogP) is 3.55. The van der Waals surface area contributed by atoms with E-state index < -0.39 is 11.4 Å². The summed E-state index contributed by atoms with van der Waals surface area (Å²) in [6.07, 6.45) is 0. The van der Waals surface area contributed by atoms with Crippen LogP contribution < -0.4 is 14.9 Å². The lowest BCUT2D eigenvalue weighted by atomic mass is 10.0. The maximum absolute atomic E-state index is 13.2. The lowest BCUT2D eigenvalue weighted by molar-refractivity contribution is 0.0492. The first kappa shape index (κ1) is 19.0. The fraction of sp³-hybridized carbons (Fsp3) is 0.190. The summed E-state index contributed by atoms with van der Waals surface area (Å²) in [4.78, 5) is 25.8. The van der Waals surface area contributed by atoms with E-state index in [0.29, 0.717) is 17.1 Å². The highest BCUT2D eigenvalue weighted by Gasteiger charge is 2.25. The number of esters is 1. The smallest absolute Gasteiger partial charge is 0.375 e. The molecule has 0 bridgehead atoms. The molecule has 0 radical (unpaired) electrons. The molecule has 2 aromatic carbocycles. The van der Waals surface area contributed by atoms with Gasteiger partial charge in [-0.1, -0.05) is 18.2 Å². The van der Waals surface area contributed by atoms with Crippen LogP contribution in [-0.4, -0.2) is 26.3 Å². The molecule has 0 aliphatic rings. The van der Waals surface area contributed by atoms with Crippen LogP contribution in [0.1, 0.15) is 17.5 Å². The van der Waals surface area contributed by atoms with Gasteiger partial charge in [0, 0.05) is 11.6 Å². The average Bonchev–Trinajstić information content (AvgIpc) is 2.72. The van der Waals surface area contributed by atoms with Crippen molar-refractivity contribution in [2.75, 3.05) is 20.3 Å². The zero-order valence-corrected chi connectivity index (χ0v) is 15.4. The molecule has 0 saturated carbocycles. The van der Waals surface area contributed by atoms with Crippen LogP contribution in [-0.2, 0) is 4.74 Å². The van der Waals surface area contributed by atoms with E-state index in [1.807, 2.05) is 6.07 Å². The molecule has 0 aliphatic heterocycles. The molecule has 28 heavy (non-hydrogen) atoms. The van der Waals surface area contributed by atoms with Crippen LogP contribution in [0.3, 0.4) is 0 Å². The molecule has 0 saturated heterocycles. The van der Waals surface area contributed by atoms with Crippen LogP contribution in [0, 0.1) is 11.3 Å². The molecule has 0 fully saturated rings. The molecule has 0 N–H and O–H groups in total. The first-order chi connectivity index (χ1) is 13.6. The molecule has 0 unspecified atom stereocenters. The van der Waals surface area contributed by atoms with Crippen LogP contribution in [0.5, 0.6) is 11.5 Å². The quantitative estimate of drug-likeness (QED) is 0.604. The van der Waals surface area contributed by atoms with E-state index in [1.54, 1.807) is 37.3 Å². The van der Waals surface area contributed by atoms with Gasteiger partial charge in [-0.25, -0.2) is 4.79 Å². The molecular formula is C21H17NO6. The van der Waals surface area contributed by atoms with Crippen molar-refractivity contribution in [3.05, 3.63) is 58.4 Å². The van der Waals surface area contributed by atoms with Gasteiger partial charge in [0.15, 0.2) is 6.61 Å². The van der Waals surface area contributed by atoms with Crippen molar-refractivity contribution in [1.82, 2.24) is 0 Å². The Hall–Kier alpha value is -3.79. The largest absolute Gasteiger partial charge is 0.496 e. The number of carbonyl (C=O) groups excluding carboxylic acids is 1. The number of nitriles is 1. The van der Waals surface area contributed by atoms with Gasteiger partial charge in [-0.05, 0) is 25.1 Å². The topological polar surface area (TPSA) is 98.8 Å². The van der Waals surface area contributed by atoms with E-state index in [2.05, 4.69) is 0 Å². The van der Waals surface area contributed by atoms with E-state index in [0.717, 1.165) is 0 Å². The molecule has 1 heterocycles. The van der Waals surface area contributed by atoms with Crippen molar-refractivity contribution in [2.24, 2.45) is 0 Å². The Balaban J connectivity index is 2.31. The van der Waals surface area contributed by atoms with Crippen molar-refractivity contribution in [3.63, 3.8) is 0 Å². The highest BCUT2D eigenvalue weighted by Crippen LogP contribution is 2.33. The Morgan fingerprint density at radius 2 is 2.00 bits per heavy atom. The SMILES string of the molecule is CCOC(=O)c1oc2cc(OCC#N)ccc2c(=O)c1-c1ccccc1OC. The maximum Gasteiger partial charge on any atom is 0.375 e. The van der Waals surface area contributed by atoms with Crippen molar-refractivity contribution < 1.29 is 23.4 Å². The number of hydrogen-bond donors (Lipinski definition) is 0. The molecule has 0 amide bonds. The second-order valence-corrected chi connectivity index (χ2v) is 5.66. The average molecular weight is 379 g/mol. The van der Waals surface area contributed by atoms with Crippen LogP contribution >= 0.6 is 0 Å². The van der Waals surface area contributed by atoms with Crippen LogP contribution in [0.15, 0.2) is 51.7 Å². The standard InChI is InChI=1S/C21H17NO6/c1-3-26-21(24)20-18(14-6-4-5-7-16(14)25-2)19(23)15-9-8-13(27-11-10-22)12-17(15)28-20/h4-9,12H,3,11H2,1-2H3. The lowest BCUT2D eigenvalue weighted by Crippen LogP contribution is -2.15. The second kappa shape index (κ2) is 8.27. The summed E-state index contributed by atoms with van der Waals surface area (Å²) in [5.41, 5.74) is 0.241. The minimum atomic E-state index is -0.759. The molecular weight excluding hydrogens is 362 g/mol. The van der Waals surface area contributed by atoms with Gasteiger partial charge < -0.3 is 18.6 Å². The Morgan fingerprint density at radius 1 is 1.21 bits per heavy atom.